The molecule has 0 radical (unpaired) electrons. The zero-order valence-corrected chi connectivity index (χ0v) is 9.38. The molecule has 1 aromatic rings. The van der Waals surface area contributed by atoms with Gasteiger partial charge < -0.3 is 9.47 Å². The summed E-state index contributed by atoms with van der Waals surface area (Å²) >= 11 is 0. The Balaban J connectivity index is 2.13. The smallest absolute Gasteiger partial charge is 0.194 e. The second-order valence-electron chi connectivity index (χ2n) is 4.07. The molecule has 0 aromatic heterocycles. The van der Waals surface area contributed by atoms with E-state index in [1.807, 2.05) is 6.92 Å². The molecule has 0 unspecified atom stereocenters. The lowest BCUT2D eigenvalue weighted by molar-refractivity contribution is -0.205. The molecular formula is C12H13F3O2. The molecule has 94 valence electrons. The van der Waals surface area contributed by atoms with Crippen molar-refractivity contribution in [3.63, 3.8) is 0 Å². The standard InChI is InChI=1S/C12H13F3O2/c1-2-7-5-16-12(17-6-7)8-3-9(13)11(15)10(14)4-8/h3-4,7,12H,2,5-6H2,1H3. The van der Waals surface area contributed by atoms with Crippen molar-refractivity contribution in [1.29, 1.82) is 0 Å². The van der Waals surface area contributed by atoms with Crippen molar-refractivity contribution >= 4 is 0 Å². The van der Waals surface area contributed by atoms with Gasteiger partial charge in [0.15, 0.2) is 23.7 Å². The minimum absolute atomic E-state index is 0.163. The molecule has 1 saturated heterocycles. The third-order valence-electron chi connectivity index (χ3n) is 2.82. The molecular weight excluding hydrogens is 233 g/mol. The summed E-state index contributed by atoms with van der Waals surface area (Å²) in [5, 5.41) is 0. The van der Waals surface area contributed by atoms with Gasteiger partial charge in [-0.3, -0.25) is 0 Å². The third kappa shape index (κ3) is 2.61. The first-order valence-electron chi connectivity index (χ1n) is 5.49. The van der Waals surface area contributed by atoms with Crippen LogP contribution < -0.4 is 0 Å². The number of ether oxygens (including phenoxy) is 2. The maximum Gasteiger partial charge on any atom is 0.194 e. The van der Waals surface area contributed by atoms with Crippen molar-refractivity contribution in [3.05, 3.63) is 35.1 Å². The van der Waals surface area contributed by atoms with Crippen LogP contribution in [0, 0.1) is 23.4 Å². The molecule has 0 aliphatic carbocycles. The molecule has 17 heavy (non-hydrogen) atoms. The lowest BCUT2D eigenvalue weighted by Crippen LogP contribution is -2.26. The van der Waals surface area contributed by atoms with Crippen LogP contribution in [0.3, 0.4) is 0 Å². The average molecular weight is 246 g/mol. The number of rotatable bonds is 2. The van der Waals surface area contributed by atoms with Gasteiger partial charge in [-0.05, 0) is 18.6 Å². The molecule has 5 heteroatoms. The summed E-state index contributed by atoms with van der Waals surface area (Å²) in [5.41, 5.74) is 0.163. The van der Waals surface area contributed by atoms with E-state index in [0.29, 0.717) is 19.1 Å². The van der Waals surface area contributed by atoms with E-state index >= 15 is 0 Å². The largest absolute Gasteiger partial charge is 0.348 e. The van der Waals surface area contributed by atoms with E-state index in [0.717, 1.165) is 18.6 Å². The Bertz CT molecular complexity index is 378. The Morgan fingerprint density at radius 1 is 1.12 bits per heavy atom. The summed E-state index contributed by atoms with van der Waals surface area (Å²) in [6, 6.07) is 1.80. The first-order valence-corrected chi connectivity index (χ1v) is 5.49. The highest BCUT2D eigenvalue weighted by molar-refractivity contribution is 5.20. The van der Waals surface area contributed by atoms with Crippen LogP contribution in [0.15, 0.2) is 12.1 Å². The molecule has 0 atom stereocenters. The van der Waals surface area contributed by atoms with Gasteiger partial charge in [0.1, 0.15) is 0 Å². The highest BCUT2D eigenvalue weighted by Gasteiger charge is 2.24. The van der Waals surface area contributed by atoms with Crippen molar-refractivity contribution in [2.75, 3.05) is 13.2 Å². The average Bonchev–Trinajstić information content (AvgIpc) is 2.35. The van der Waals surface area contributed by atoms with E-state index in [1.165, 1.54) is 0 Å². The zero-order valence-electron chi connectivity index (χ0n) is 9.38. The fourth-order valence-corrected chi connectivity index (χ4v) is 1.68. The van der Waals surface area contributed by atoms with Crippen molar-refractivity contribution in [1.82, 2.24) is 0 Å². The van der Waals surface area contributed by atoms with E-state index < -0.39 is 23.7 Å². The fourth-order valence-electron chi connectivity index (χ4n) is 1.68. The zero-order chi connectivity index (χ0) is 12.4. The van der Waals surface area contributed by atoms with Crippen molar-refractivity contribution in [2.24, 2.45) is 5.92 Å². The highest BCUT2D eigenvalue weighted by Crippen LogP contribution is 2.28. The summed E-state index contributed by atoms with van der Waals surface area (Å²) < 4.78 is 49.5. The van der Waals surface area contributed by atoms with Gasteiger partial charge in [0.05, 0.1) is 13.2 Å². The van der Waals surface area contributed by atoms with Gasteiger partial charge >= 0.3 is 0 Å². The maximum atomic E-state index is 13.0. The molecule has 2 nitrogen and oxygen atoms in total. The van der Waals surface area contributed by atoms with Crippen LogP contribution >= 0.6 is 0 Å². The molecule has 0 amide bonds. The van der Waals surface area contributed by atoms with E-state index in [9.17, 15) is 13.2 Å². The Morgan fingerprint density at radius 3 is 2.12 bits per heavy atom. The van der Waals surface area contributed by atoms with Gasteiger partial charge in [0, 0.05) is 11.5 Å². The van der Waals surface area contributed by atoms with Crippen molar-refractivity contribution in [2.45, 2.75) is 19.6 Å². The van der Waals surface area contributed by atoms with E-state index in [2.05, 4.69) is 0 Å². The summed E-state index contributed by atoms with van der Waals surface area (Å²) in [7, 11) is 0. The minimum atomic E-state index is -1.48. The lowest BCUT2D eigenvalue weighted by atomic mass is 10.1. The van der Waals surface area contributed by atoms with Gasteiger partial charge in [-0.1, -0.05) is 6.92 Å². The van der Waals surface area contributed by atoms with E-state index in [1.54, 1.807) is 0 Å². The minimum Gasteiger partial charge on any atom is -0.348 e. The Morgan fingerprint density at radius 2 is 1.65 bits per heavy atom. The van der Waals surface area contributed by atoms with Crippen LogP contribution in [0.2, 0.25) is 0 Å². The Labute approximate surface area is 97.3 Å². The summed E-state index contributed by atoms with van der Waals surface area (Å²) in [4.78, 5) is 0. The van der Waals surface area contributed by atoms with Gasteiger partial charge in [0.2, 0.25) is 0 Å². The molecule has 1 aromatic carbocycles. The molecule has 1 heterocycles. The quantitative estimate of drug-likeness (QED) is 0.746. The van der Waals surface area contributed by atoms with E-state index in [-0.39, 0.29) is 5.56 Å². The number of hydrogen-bond donors (Lipinski definition) is 0. The summed E-state index contributed by atoms with van der Waals surface area (Å²) in [6.07, 6.45) is 0.0983. The second-order valence-corrected chi connectivity index (χ2v) is 4.07. The molecule has 1 aliphatic heterocycles. The molecule has 1 aliphatic rings. The van der Waals surface area contributed by atoms with E-state index in [4.69, 9.17) is 9.47 Å². The number of benzene rings is 1. The highest BCUT2D eigenvalue weighted by atomic mass is 19.2. The van der Waals surface area contributed by atoms with Gasteiger partial charge in [-0.15, -0.1) is 0 Å². The van der Waals surface area contributed by atoms with Gasteiger partial charge in [-0.2, -0.15) is 0 Å². The summed E-state index contributed by atoms with van der Waals surface area (Å²) in [6.45, 7) is 2.96. The van der Waals surface area contributed by atoms with Gasteiger partial charge in [-0.25, -0.2) is 13.2 Å². The topological polar surface area (TPSA) is 18.5 Å². The van der Waals surface area contributed by atoms with Gasteiger partial charge in [0.25, 0.3) is 0 Å². The van der Waals surface area contributed by atoms with Crippen LogP contribution in [0.25, 0.3) is 0 Å². The molecule has 0 N–H and O–H groups in total. The summed E-state index contributed by atoms with van der Waals surface area (Å²) in [5.74, 6) is -3.65. The maximum absolute atomic E-state index is 13.0. The number of hydrogen-bond acceptors (Lipinski definition) is 2. The normalized spacial score (nSPS) is 24.9. The third-order valence-corrected chi connectivity index (χ3v) is 2.82. The van der Waals surface area contributed by atoms with Crippen molar-refractivity contribution in [3.8, 4) is 0 Å². The Kier molecular flexibility index (Phi) is 3.69. The first kappa shape index (κ1) is 12.4. The Hall–Kier alpha value is -1.07. The van der Waals surface area contributed by atoms with Crippen LogP contribution in [0.5, 0.6) is 0 Å². The SMILES string of the molecule is CCC1COC(c2cc(F)c(F)c(F)c2)OC1. The molecule has 0 spiro atoms. The monoisotopic (exact) mass is 246 g/mol. The molecule has 0 saturated carbocycles. The first-order chi connectivity index (χ1) is 8.11. The molecule has 0 bridgehead atoms. The lowest BCUT2D eigenvalue weighted by Gasteiger charge is -2.29. The number of halogens is 3. The van der Waals surface area contributed by atoms with Crippen LogP contribution in [0.4, 0.5) is 13.2 Å². The predicted molar refractivity (Wildman–Crippen MR) is 54.7 cm³/mol. The van der Waals surface area contributed by atoms with Crippen LogP contribution in [-0.2, 0) is 9.47 Å². The second kappa shape index (κ2) is 5.06. The fraction of sp³-hybridized carbons (Fsp3) is 0.500. The van der Waals surface area contributed by atoms with Crippen molar-refractivity contribution < 1.29 is 22.6 Å². The van der Waals surface area contributed by atoms with Crippen LogP contribution in [0.1, 0.15) is 25.2 Å². The van der Waals surface area contributed by atoms with Crippen LogP contribution in [-0.4, -0.2) is 13.2 Å². The predicted octanol–water partition coefficient (Wildman–Crippen LogP) is 3.18. The molecule has 1 fully saturated rings. The molecule has 2 rings (SSSR count).